The molecule has 0 bridgehead atoms. The van der Waals surface area contributed by atoms with E-state index in [1.54, 1.807) is 117 Å². The average Bonchev–Trinajstić information content (AvgIpc) is 3.39. The second-order valence-electron chi connectivity index (χ2n) is 16.3. The molecule has 0 radical (unpaired) electrons. The molecule has 0 unspecified atom stereocenters. The van der Waals surface area contributed by atoms with Crippen molar-refractivity contribution in [2.75, 3.05) is 18.5 Å². The normalized spacial score (nSPS) is 11.9. The first-order valence-corrected chi connectivity index (χ1v) is 26.8. The van der Waals surface area contributed by atoms with Crippen LogP contribution in [0.15, 0.2) is 169 Å². The number of phenolic OH excluding ortho intramolecular Hbond substituents is 1. The molecular formula is C54H46BaCl2N6O12S2. The summed E-state index contributed by atoms with van der Waals surface area (Å²) in [5, 5.41) is 58.9. The summed E-state index contributed by atoms with van der Waals surface area (Å²) >= 11 is 12.4. The first-order valence-electron chi connectivity index (χ1n) is 23.2. The third-order valence-corrected chi connectivity index (χ3v) is 13.8. The number of phenols is 1. The molecule has 23 heteroatoms. The number of fused-ring (bicyclic) bond motifs is 2. The smallest absolute Gasteiger partial charge is 0.871 e. The van der Waals surface area contributed by atoms with Gasteiger partial charge >= 0.3 is 48.9 Å². The molecule has 18 nitrogen and oxygen atoms in total. The van der Waals surface area contributed by atoms with Gasteiger partial charge in [0.2, 0.25) is 0 Å². The minimum absolute atomic E-state index is 0. The maximum absolute atomic E-state index is 13.4. The number of rotatable bonds is 16. The number of aromatic hydroxyl groups is 1. The maximum atomic E-state index is 13.4. The number of benzene rings is 8. The minimum Gasteiger partial charge on any atom is -0.871 e. The van der Waals surface area contributed by atoms with Gasteiger partial charge in [0.05, 0.1) is 50.0 Å². The molecule has 0 aliphatic rings. The Morgan fingerprint density at radius 1 is 0.610 bits per heavy atom. The van der Waals surface area contributed by atoms with E-state index in [0.29, 0.717) is 63.2 Å². The van der Waals surface area contributed by atoms with Crippen LogP contribution in [0.4, 0.5) is 34.1 Å². The summed E-state index contributed by atoms with van der Waals surface area (Å²) in [4.78, 5) is 16.6. The SMILES string of the molecule is CCOc1cccc(N=C([O-])c2cc3ccccc3c(N=Nc3cc(CC)c(S(=O)(=O)O)cc3Cl)c2[O-])c1.CCOc1cccc(NC(=O)c2cc3ccccc3c(N=Nc3cc(CC)c(S(=O)(=O)O)cc3Cl)c2O)c1.[Ba+2]. The fraction of sp³-hybridized carbons (Fsp3) is 0.148. The van der Waals surface area contributed by atoms with Crippen molar-refractivity contribution in [3.63, 3.8) is 0 Å². The summed E-state index contributed by atoms with van der Waals surface area (Å²) in [5.74, 6) is -1.27. The van der Waals surface area contributed by atoms with E-state index in [1.165, 1.54) is 18.2 Å². The van der Waals surface area contributed by atoms with Crippen molar-refractivity contribution >= 4 is 160 Å². The van der Waals surface area contributed by atoms with Gasteiger partial charge in [-0.3, -0.25) is 18.9 Å². The van der Waals surface area contributed by atoms with Gasteiger partial charge in [-0.1, -0.05) is 103 Å². The summed E-state index contributed by atoms with van der Waals surface area (Å²) < 4.78 is 76.6. The zero-order chi connectivity index (χ0) is 54.9. The Morgan fingerprint density at radius 3 is 1.61 bits per heavy atom. The first-order chi connectivity index (χ1) is 36.2. The molecule has 0 spiro atoms. The summed E-state index contributed by atoms with van der Waals surface area (Å²) in [5.41, 5.74) is 1.31. The molecule has 8 rings (SSSR count). The van der Waals surface area contributed by atoms with Crippen LogP contribution in [0.25, 0.3) is 21.5 Å². The van der Waals surface area contributed by atoms with Crippen molar-refractivity contribution in [3.8, 4) is 23.0 Å². The van der Waals surface area contributed by atoms with Gasteiger partial charge in [-0.05, 0) is 121 Å². The van der Waals surface area contributed by atoms with Crippen LogP contribution in [-0.4, -0.2) is 105 Å². The number of nitrogens with one attached hydrogen (secondary N) is 1. The Morgan fingerprint density at radius 2 is 1.09 bits per heavy atom. The van der Waals surface area contributed by atoms with Crippen LogP contribution in [-0.2, 0) is 33.1 Å². The van der Waals surface area contributed by atoms with E-state index in [0.717, 1.165) is 12.1 Å². The van der Waals surface area contributed by atoms with E-state index in [2.05, 4.69) is 30.8 Å². The number of aliphatic imine (C=N–C) groups is 1. The van der Waals surface area contributed by atoms with Crippen LogP contribution < -0.4 is 25.0 Å². The Bertz CT molecular complexity index is 3860. The fourth-order valence-corrected chi connectivity index (χ4v) is 9.88. The zero-order valence-corrected chi connectivity index (χ0v) is 49.1. The molecule has 0 saturated heterocycles. The van der Waals surface area contributed by atoms with Crippen molar-refractivity contribution in [2.24, 2.45) is 25.4 Å². The van der Waals surface area contributed by atoms with Crippen LogP contribution >= 0.6 is 23.2 Å². The molecule has 4 N–H and O–H groups in total. The third kappa shape index (κ3) is 14.6. The Labute approximate surface area is 493 Å². The monoisotopic (exact) mass is 1240 g/mol. The van der Waals surface area contributed by atoms with Crippen LogP contribution in [0.5, 0.6) is 23.0 Å². The number of azo groups is 2. The quantitative estimate of drug-likeness (QED) is 0.0231. The number of carbonyl (C=O) groups is 1. The summed E-state index contributed by atoms with van der Waals surface area (Å²) in [6, 6.07) is 35.4. The standard InChI is InChI=1S/2C27H24ClN3O6S.Ba/c2*1-3-16-13-23(22(28)15-24(16)38(34,35)36)30-31-25-20-11-6-5-8-17(20)12-21(26(25)32)27(33)29-18-9-7-10-19(14-18)37-4-2;/h2*5-15,32H,3-4H2,1-2H3,(H,29,33)(H,34,35,36);/q;;+2/p-2. The average molecular weight is 1240 g/mol. The molecule has 0 aromatic heterocycles. The predicted molar refractivity (Wildman–Crippen MR) is 294 cm³/mol. The Balaban J connectivity index is 0.000000246. The van der Waals surface area contributed by atoms with Gasteiger partial charge in [-0.15, -0.1) is 15.3 Å². The molecule has 0 atom stereocenters. The van der Waals surface area contributed by atoms with Crippen LogP contribution in [0.2, 0.25) is 10.0 Å². The minimum atomic E-state index is -4.50. The van der Waals surface area contributed by atoms with Gasteiger partial charge in [0.25, 0.3) is 26.1 Å². The maximum Gasteiger partial charge on any atom is 2.00 e. The van der Waals surface area contributed by atoms with Gasteiger partial charge in [-0.2, -0.15) is 21.9 Å². The summed E-state index contributed by atoms with van der Waals surface area (Å²) in [7, 11) is -8.98. The Kier molecular flexibility index (Phi) is 20.4. The zero-order valence-electron chi connectivity index (χ0n) is 41.6. The number of halogens is 2. The number of nitrogens with zero attached hydrogens (tertiary/aromatic N) is 5. The van der Waals surface area contributed by atoms with Crippen LogP contribution in [0.3, 0.4) is 0 Å². The number of aryl methyl sites for hydroxylation is 2. The van der Waals surface area contributed by atoms with Gasteiger partial charge in [0, 0.05) is 28.6 Å². The number of amides is 1. The summed E-state index contributed by atoms with van der Waals surface area (Å²) in [6.45, 7) is 8.02. The van der Waals surface area contributed by atoms with E-state index in [-0.39, 0.29) is 121 Å². The second-order valence-corrected chi connectivity index (χ2v) is 19.9. The van der Waals surface area contributed by atoms with E-state index in [4.69, 9.17) is 32.7 Å². The van der Waals surface area contributed by atoms with Crippen molar-refractivity contribution in [2.45, 2.75) is 50.3 Å². The molecule has 0 heterocycles. The Hall–Kier alpha value is -6.41. The van der Waals surface area contributed by atoms with Crippen molar-refractivity contribution in [3.05, 3.63) is 166 Å². The van der Waals surface area contributed by atoms with Crippen molar-refractivity contribution in [1.29, 1.82) is 0 Å². The molecule has 0 aliphatic carbocycles. The third-order valence-electron chi connectivity index (χ3n) is 11.3. The number of anilines is 1. The molecule has 0 saturated carbocycles. The number of hydrogen-bond donors (Lipinski definition) is 4. The van der Waals surface area contributed by atoms with E-state index in [9.17, 15) is 46.1 Å². The molecule has 8 aromatic rings. The molecule has 8 aromatic carbocycles. The van der Waals surface area contributed by atoms with Crippen molar-refractivity contribution in [1.82, 2.24) is 0 Å². The van der Waals surface area contributed by atoms with E-state index >= 15 is 0 Å². The number of ether oxygens (including phenoxy) is 2. The molecule has 0 fully saturated rings. The van der Waals surface area contributed by atoms with E-state index in [1.807, 2.05) is 13.8 Å². The topological polar surface area (TPSA) is 284 Å². The van der Waals surface area contributed by atoms with Crippen molar-refractivity contribution < 1.29 is 55.5 Å². The molecule has 392 valence electrons. The van der Waals surface area contributed by atoms with Gasteiger partial charge in [0.1, 0.15) is 28.6 Å². The number of carbonyl (C=O) groups excluding carboxylic acids is 1. The molecule has 0 aliphatic heterocycles. The van der Waals surface area contributed by atoms with E-state index < -0.39 is 43.5 Å². The second kappa shape index (κ2) is 26.3. The number of hydrogen-bond acceptors (Lipinski definition) is 15. The molecule has 77 heavy (non-hydrogen) atoms. The molecule has 1 amide bonds. The van der Waals surface area contributed by atoms with Gasteiger partial charge < -0.3 is 30.1 Å². The molecular weight excluding hydrogens is 1200 g/mol. The fourth-order valence-electron chi connectivity index (χ4n) is 7.74. The van der Waals surface area contributed by atoms with Crippen LogP contribution in [0, 0.1) is 0 Å². The largest absolute Gasteiger partial charge is 2.00 e. The van der Waals surface area contributed by atoms with Gasteiger partial charge in [-0.25, -0.2) is 0 Å². The van der Waals surface area contributed by atoms with Crippen LogP contribution in [0.1, 0.15) is 54.7 Å². The predicted octanol–water partition coefficient (Wildman–Crippen LogP) is 12.3. The summed E-state index contributed by atoms with van der Waals surface area (Å²) in [6.07, 6.45) is 0.545. The van der Waals surface area contributed by atoms with Gasteiger partial charge in [0.15, 0.2) is 5.75 Å². The first kappa shape index (κ1) is 59.8.